The lowest BCUT2D eigenvalue weighted by atomic mass is 9.82. The molecule has 1 saturated heterocycles. The second-order valence-corrected chi connectivity index (χ2v) is 7.54. The van der Waals surface area contributed by atoms with Crippen LogP contribution in [0.4, 0.5) is 13.6 Å². The van der Waals surface area contributed by atoms with Gasteiger partial charge in [0, 0.05) is 24.7 Å². The fourth-order valence-electron chi connectivity index (χ4n) is 3.07. The number of nitrogens with one attached hydrogen (secondary N) is 1. The summed E-state index contributed by atoms with van der Waals surface area (Å²) in [6.45, 7) is 6.12. The van der Waals surface area contributed by atoms with Crippen LogP contribution in [0.25, 0.3) is 0 Å². The number of carbonyl (C=O) groups is 2. The molecule has 5 nitrogen and oxygen atoms in total. The predicted molar refractivity (Wildman–Crippen MR) is 89.0 cm³/mol. The maximum absolute atomic E-state index is 14.2. The van der Waals surface area contributed by atoms with Crippen LogP contribution >= 0.6 is 0 Å². The van der Waals surface area contributed by atoms with Gasteiger partial charge in [0.05, 0.1) is 12.0 Å². The molecule has 1 aromatic carbocycles. The number of benzene rings is 1. The molecule has 7 heteroatoms. The third-order valence-electron chi connectivity index (χ3n) is 4.47. The van der Waals surface area contributed by atoms with Crippen LogP contribution in [0, 0.1) is 23.0 Å². The van der Waals surface area contributed by atoms with E-state index in [-0.39, 0.29) is 12.1 Å². The molecule has 138 valence electrons. The van der Waals surface area contributed by atoms with E-state index in [4.69, 9.17) is 5.11 Å². The SMILES string of the molecule is CC(C)(C)C(NC(=O)N1CCCC(C(=O)O)C1)c1ccc(F)cc1F. The van der Waals surface area contributed by atoms with Gasteiger partial charge in [0.25, 0.3) is 0 Å². The number of aliphatic carboxylic acids is 1. The molecule has 1 aliphatic heterocycles. The summed E-state index contributed by atoms with van der Waals surface area (Å²) in [4.78, 5) is 25.2. The van der Waals surface area contributed by atoms with Crippen LogP contribution in [-0.4, -0.2) is 35.1 Å². The summed E-state index contributed by atoms with van der Waals surface area (Å²) in [5, 5.41) is 11.9. The first-order valence-electron chi connectivity index (χ1n) is 8.33. The van der Waals surface area contributed by atoms with E-state index in [1.165, 1.54) is 11.0 Å². The first-order valence-corrected chi connectivity index (χ1v) is 8.33. The molecular formula is C18H24F2N2O3. The molecule has 1 aromatic rings. The molecule has 2 atom stereocenters. The third-order valence-corrected chi connectivity index (χ3v) is 4.47. The number of nitrogens with zero attached hydrogens (tertiary/aromatic N) is 1. The Balaban J connectivity index is 2.20. The van der Waals surface area contributed by atoms with Crippen molar-refractivity contribution in [3.63, 3.8) is 0 Å². The summed E-state index contributed by atoms with van der Waals surface area (Å²) < 4.78 is 27.4. The Labute approximate surface area is 146 Å². The minimum absolute atomic E-state index is 0.129. The molecule has 2 amide bonds. The van der Waals surface area contributed by atoms with Crippen molar-refractivity contribution in [2.75, 3.05) is 13.1 Å². The molecule has 1 aliphatic rings. The number of likely N-dealkylation sites (tertiary alicyclic amines) is 1. The average Bonchev–Trinajstić information content (AvgIpc) is 2.52. The van der Waals surface area contributed by atoms with Crippen molar-refractivity contribution in [2.45, 2.75) is 39.7 Å². The normalized spacial score (nSPS) is 19.4. The summed E-state index contributed by atoms with van der Waals surface area (Å²) >= 11 is 0. The van der Waals surface area contributed by atoms with Crippen LogP contribution in [0.1, 0.15) is 45.2 Å². The number of carboxylic acids is 1. The lowest BCUT2D eigenvalue weighted by Crippen LogP contribution is -2.49. The van der Waals surface area contributed by atoms with E-state index in [1.54, 1.807) is 0 Å². The van der Waals surface area contributed by atoms with Crippen LogP contribution in [0.3, 0.4) is 0 Å². The molecule has 0 radical (unpaired) electrons. The van der Waals surface area contributed by atoms with E-state index in [1.807, 2.05) is 20.8 Å². The van der Waals surface area contributed by atoms with Gasteiger partial charge in [-0.1, -0.05) is 26.8 Å². The topological polar surface area (TPSA) is 69.6 Å². The van der Waals surface area contributed by atoms with Gasteiger partial charge >= 0.3 is 12.0 Å². The molecular weight excluding hydrogens is 330 g/mol. The zero-order chi connectivity index (χ0) is 18.8. The van der Waals surface area contributed by atoms with E-state index in [9.17, 15) is 18.4 Å². The Hall–Kier alpha value is -2.18. The van der Waals surface area contributed by atoms with Gasteiger partial charge in [-0.2, -0.15) is 0 Å². The van der Waals surface area contributed by atoms with Crippen molar-refractivity contribution in [2.24, 2.45) is 11.3 Å². The number of amides is 2. The van der Waals surface area contributed by atoms with Crippen molar-refractivity contribution in [3.05, 3.63) is 35.4 Å². The smallest absolute Gasteiger partial charge is 0.317 e. The maximum Gasteiger partial charge on any atom is 0.317 e. The highest BCUT2D eigenvalue weighted by Crippen LogP contribution is 2.34. The molecule has 0 spiro atoms. The van der Waals surface area contributed by atoms with E-state index in [0.29, 0.717) is 19.4 Å². The molecule has 0 saturated carbocycles. The average molecular weight is 354 g/mol. The van der Waals surface area contributed by atoms with Gasteiger partial charge in [0.2, 0.25) is 0 Å². The van der Waals surface area contributed by atoms with E-state index in [2.05, 4.69) is 5.32 Å². The van der Waals surface area contributed by atoms with E-state index in [0.717, 1.165) is 12.1 Å². The Morgan fingerprint density at radius 3 is 2.56 bits per heavy atom. The van der Waals surface area contributed by atoms with Gasteiger partial charge in [-0.05, 0) is 24.3 Å². The quantitative estimate of drug-likeness (QED) is 0.872. The molecule has 2 unspecified atom stereocenters. The molecule has 25 heavy (non-hydrogen) atoms. The zero-order valence-corrected chi connectivity index (χ0v) is 14.7. The van der Waals surface area contributed by atoms with Crippen LogP contribution in [0.15, 0.2) is 18.2 Å². The number of piperidine rings is 1. The summed E-state index contributed by atoms with van der Waals surface area (Å²) in [6.07, 6.45) is 1.14. The van der Waals surface area contributed by atoms with E-state index >= 15 is 0 Å². The largest absolute Gasteiger partial charge is 0.481 e. The second-order valence-electron chi connectivity index (χ2n) is 7.54. The summed E-state index contributed by atoms with van der Waals surface area (Å²) in [7, 11) is 0. The third kappa shape index (κ3) is 4.67. The van der Waals surface area contributed by atoms with E-state index < -0.39 is 41.0 Å². The summed E-state index contributed by atoms with van der Waals surface area (Å²) in [6, 6.07) is 2.17. The maximum atomic E-state index is 14.2. The molecule has 2 N–H and O–H groups in total. The van der Waals surface area contributed by atoms with Crippen LogP contribution < -0.4 is 5.32 Å². The molecule has 0 bridgehead atoms. The van der Waals surface area contributed by atoms with Crippen molar-refractivity contribution >= 4 is 12.0 Å². The molecule has 0 aliphatic carbocycles. The lowest BCUT2D eigenvalue weighted by molar-refractivity contribution is -0.143. The number of carboxylic acid groups (broad SMARTS) is 1. The van der Waals surface area contributed by atoms with Gasteiger partial charge in [-0.3, -0.25) is 4.79 Å². The number of rotatable bonds is 3. The molecule has 1 fully saturated rings. The van der Waals surface area contributed by atoms with Gasteiger partial charge in [-0.25, -0.2) is 13.6 Å². The first kappa shape index (κ1) is 19.1. The summed E-state index contributed by atoms with van der Waals surface area (Å²) in [5.74, 6) is -2.91. The number of urea groups is 1. The van der Waals surface area contributed by atoms with Crippen molar-refractivity contribution < 1.29 is 23.5 Å². The zero-order valence-electron chi connectivity index (χ0n) is 14.7. The fourth-order valence-corrected chi connectivity index (χ4v) is 3.07. The van der Waals surface area contributed by atoms with Crippen LogP contribution in [-0.2, 0) is 4.79 Å². The Morgan fingerprint density at radius 1 is 1.32 bits per heavy atom. The number of hydrogen-bond acceptors (Lipinski definition) is 2. The highest BCUT2D eigenvalue weighted by atomic mass is 19.1. The van der Waals surface area contributed by atoms with Gasteiger partial charge in [0.15, 0.2) is 0 Å². The number of halogens is 2. The van der Waals surface area contributed by atoms with Gasteiger partial charge in [0.1, 0.15) is 11.6 Å². The van der Waals surface area contributed by atoms with Crippen molar-refractivity contribution in [1.29, 1.82) is 0 Å². The minimum atomic E-state index is -0.922. The molecule has 2 rings (SSSR count). The highest BCUT2D eigenvalue weighted by molar-refractivity contribution is 5.77. The summed E-state index contributed by atoms with van der Waals surface area (Å²) in [5.41, 5.74) is -0.315. The van der Waals surface area contributed by atoms with Crippen molar-refractivity contribution in [1.82, 2.24) is 10.2 Å². The van der Waals surface area contributed by atoms with Crippen LogP contribution in [0.5, 0.6) is 0 Å². The number of hydrogen-bond donors (Lipinski definition) is 2. The van der Waals surface area contributed by atoms with Gasteiger partial charge < -0.3 is 15.3 Å². The molecule has 0 aromatic heterocycles. The van der Waals surface area contributed by atoms with Crippen LogP contribution in [0.2, 0.25) is 0 Å². The first-order chi connectivity index (χ1) is 11.6. The molecule has 1 heterocycles. The highest BCUT2D eigenvalue weighted by Gasteiger charge is 2.34. The minimum Gasteiger partial charge on any atom is -0.481 e. The Morgan fingerprint density at radius 2 is 2.00 bits per heavy atom. The van der Waals surface area contributed by atoms with Gasteiger partial charge in [-0.15, -0.1) is 0 Å². The predicted octanol–water partition coefficient (Wildman–Crippen LogP) is 3.56. The Kier molecular flexibility index (Phi) is 5.65. The standard InChI is InChI=1S/C18H24F2N2O3/c1-18(2,3)15(13-7-6-12(19)9-14(13)20)21-17(25)22-8-4-5-11(10-22)16(23)24/h6-7,9,11,15H,4-5,8,10H2,1-3H3,(H,21,25)(H,23,24). The number of carbonyl (C=O) groups excluding carboxylic acids is 1. The fraction of sp³-hybridized carbons (Fsp3) is 0.556. The second kappa shape index (κ2) is 7.37. The monoisotopic (exact) mass is 354 g/mol. The Bertz CT molecular complexity index is 658. The lowest BCUT2D eigenvalue weighted by Gasteiger charge is -2.36. The van der Waals surface area contributed by atoms with Crippen molar-refractivity contribution in [3.8, 4) is 0 Å².